The minimum absolute atomic E-state index is 1.07. The van der Waals surface area contributed by atoms with Crippen LogP contribution in [0.2, 0.25) is 0 Å². The van der Waals surface area contributed by atoms with E-state index in [2.05, 4.69) is 366 Å². The van der Waals surface area contributed by atoms with Crippen molar-refractivity contribution in [2.45, 2.75) is 55.4 Å². The van der Waals surface area contributed by atoms with Crippen LogP contribution in [0.1, 0.15) is 66.8 Å². The summed E-state index contributed by atoms with van der Waals surface area (Å²) < 4.78 is 0. The molecule has 12 aromatic carbocycles. The Balaban J connectivity index is 1.09. The second-order valence-corrected chi connectivity index (χ2v) is 23.0. The Morgan fingerprint density at radius 1 is 0.163 bits per heavy atom. The lowest BCUT2D eigenvalue weighted by Gasteiger charge is -2.28. The molecule has 86 heavy (non-hydrogen) atoms. The van der Waals surface area contributed by atoms with Gasteiger partial charge in [-0.2, -0.15) is 0 Å². The van der Waals surface area contributed by atoms with E-state index in [9.17, 15) is 0 Å². The molecule has 0 radical (unpaired) electrons. The Morgan fingerprint density at radius 3 is 0.430 bits per heavy atom. The zero-order valence-corrected chi connectivity index (χ0v) is 50.5. The molecule has 4 nitrogen and oxygen atoms in total. The molecule has 0 N–H and O–H groups in total. The predicted molar refractivity (Wildman–Crippen MR) is 367 cm³/mol. The van der Waals surface area contributed by atoms with E-state index < -0.39 is 0 Å². The Kier molecular flexibility index (Phi) is 16.2. The van der Waals surface area contributed by atoms with Gasteiger partial charge in [0.2, 0.25) is 0 Å². The van der Waals surface area contributed by atoms with E-state index in [1.54, 1.807) is 0 Å². The van der Waals surface area contributed by atoms with Crippen molar-refractivity contribution in [1.29, 1.82) is 0 Å². The van der Waals surface area contributed by atoms with Crippen molar-refractivity contribution in [3.05, 3.63) is 358 Å². The summed E-state index contributed by atoms with van der Waals surface area (Å²) in [7, 11) is 0. The summed E-state index contributed by atoms with van der Waals surface area (Å²) in [6.07, 6.45) is 0. The van der Waals surface area contributed by atoms with Crippen molar-refractivity contribution in [3.8, 4) is 0 Å². The smallest absolute Gasteiger partial charge is 0.0464 e. The van der Waals surface area contributed by atoms with Crippen molar-refractivity contribution >= 4 is 79.4 Å². The maximum absolute atomic E-state index is 2.37. The van der Waals surface area contributed by atoms with Gasteiger partial charge in [-0.1, -0.05) is 146 Å². The highest BCUT2D eigenvalue weighted by Crippen LogP contribution is 2.45. The van der Waals surface area contributed by atoms with Crippen molar-refractivity contribution in [2.75, 3.05) is 19.6 Å². The summed E-state index contributed by atoms with van der Waals surface area (Å²) in [4.78, 5) is 9.48. The average molecular weight is 1110 g/mol. The van der Waals surface area contributed by atoms with E-state index in [4.69, 9.17) is 0 Å². The number of aryl methyl sites for hydroxylation is 8. The highest BCUT2D eigenvalue weighted by atomic mass is 15.2. The number of hydrogen-bond donors (Lipinski definition) is 0. The summed E-state index contributed by atoms with van der Waals surface area (Å²) in [5, 5.41) is 0. The fourth-order valence-corrected chi connectivity index (χ4v) is 11.9. The molecule has 0 aromatic heterocycles. The number of hydrogen-bond acceptors (Lipinski definition) is 4. The van der Waals surface area contributed by atoms with Crippen LogP contribution >= 0.6 is 0 Å². The molecule has 0 aliphatic carbocycles. The van der Waals surface area contributed by atoms with E-state index >= 15 is 0 Å². The highest BCUT2D eigenvalue weighted by Gasteiger charge is 2.23. The quantitative estimate of drug-likeness (QED) is 0.0894. The minimum Gasteiger partial charge on any atom is -0.310 e. The van der Waals surface area contributed by atoms with E-state index in [0.29, 0.717) is 0 Å². The first-order valence-electron chi connectivity index (χ1n) is 29.8. The van der Waals surface area contributed by atoms with Crippen LogP contribution in [0, 0.1) is 55.4 Å². The summed E-state index contributed by atoms with van der Waals surface area (Å²) in [5.74, 6) is 0. The molecule has 420 valence electrons. The zero-order chi connectivity index (χ0) is 59.3. The molecule has 4 heteroatoms. The van der Waals surface area contributed by atoms with Crippen LogP contribution in [0.4, 0.5) is 68.2 Å². The van der Waals surface area contributed by atoms with Crippen molar-refractivity contribution in [1.82, 2.24) is 0 Å². The molecule has 12 aromatic rings. The Hall–Kier alpha value is -10.4. The molecule has 0 unspecified atom stereocenters. The van der Waals surface area contributed by atoms with Crippen LogP contribution in [0.3, 0.4) is 0 Å². The van der Waals surface area contributed by atoms with Crippen LogP contribution < -0.4 is 19.6 Å². The average Bonchev–Trinajstić information content (AvgIpc) is 2.36. The first kappa shape index (κ1) is 56.1. The van der Waals surface area contributed by atoms with Gasteiger partial charge in [-0.25, -0.2) is 0 Å². The van der Waals surface area contributed by atoms with E-state index in [0.717, 1.165) is 102 Å². The van der Waals surface area contributed by atoms with E-state index in [-0.39, 0.29) is 0 Å². The molecular formula is C82H72N4. The van der Waals surface area contributed by atoms with Gasteiger partial charge in [-0.15, -0.1) is 0 Å². The number of nitrogens with zero attached hydrogens (tertiary/aromatic N) is 4. The lowest BCUT2D eigenvalue weighted by atomic mass is 9.85. The predicted octanol–water partition coefficient (Wildman–Crippen LogP) is 23.0. The van der Waals surface area contributed by atoms with Gasteiger partial charge in [-0.3, -0.25) is 0 Å². The number of benzene rings is 12. The minimum atomic E-state index is 1.07. The van der Waals surface area contributed by atoms with Gasteiger partial charge in [0, 0.05) is 68.2 Å². The fraction of sp³-hybridized carbons (Fsp3) is 0.0976. The van der Waals surface area contributed by atoms with Gasteiger partial charge in [0.25, 0.3) is 0 Å². The largest absolute Gasteiger partial charge is 0.310 e. The SMILES string of the molecule is Cc1cccc(N(c2ccc(C(=C(c3ccc(N(c4cccc(C)c4)c4cccc(C)c4)cc3)c3ccc(N(c4cccc(C)c4)c4cccc(C)c4)cc3)c3ccc(N(c4cccc(C)c4)c4cccc(C)c4)cc3)cc2)c2cccc(C)c2)c1. The molecule has 0 saturated heterocycles. The second kappa shape index (κ2) is 24.8. The first-order valence-corrected chi connectivity index (χ1v) is 29.8. The van der Waals surface area contributed by atoms with Gasteiger partial charge in [-0.05, 0) is 279 Å². The topological polar surface area (TPSA) is 13.0 Å². The molecule has 0 atom stereocenters. The number of anilines is 12. The number of rotatable bonds is 16. The van der Waals surface area contributed by atoms with Gasteiger partial charge in [0.05, 0.1) is 0 Å². The maximum atomic E-state index is 2.37. The second-order valence-electron chi connectivity index (χ2n) is 23.0. The Bertz CT molecular complexity index is 3640. The Labute approximate surface area is 509 Å². The summed E-state index contributed by atoms with van der Waals surface area (Å²) in [5.41, 5.74) is 29.4. The zero-order valence-electron chi connectivity index (χ0n) is 50.5. The first-order chi connectivity index (χ1) is 41.9. The van der Waals surface area contributed by atoms with Crippen LogP contribution in [-0.4, -0.2) is 0 Å². The third-order valence-corrected chi connectivity index (χ3v) is 16.0. The monoisotopic (exact) mass is 1110 g/mol. The van der Waals surface area contributed by atoms with Crippen LogP contribution in [0.25, 0.3) is 11.1 Å². The highest BCUT2D eigenvalue weighted by molar-refractivity contribution is 6.05. The Morgan fingerprint density at radius 2 is 0.302 bits per heavy atom. The molecule has 0 spiro atoms. The fourth-order valence-electron chi connectivity index (χ4n) is 11.9. The van der Waals surface area contributed by atoms with Crippen molar-refractivity contribution < 1.29 is 0 Å². The molecule has 0 bridgehead atoms. The van der Waals surface area contributed by atoms with E-state index in [1.807, 2.05) is 0 Å². The molecule has 0 amide bonds. The third-order valence-electron chi connectivity index (χ3n) is 16.0. The van der Waals surface area contributed by atoms with Crippen LogP contribution in [0.15, 0.2) is 291 Å². The standard InChI is InChI=1S/C82H72N4/c1-57-17-9-25-73(49-57)83(74-26-10-18-58(2)50-74)69-41-33-65(34-42-69)81(66-35-43-70(44-36-66)84(75-27-11-19-59(3)51-75)76-28-12-20-60(4)52-76)82(67-37-45-71(46-38-67)85(77-29-13-21-61(5)53-77)78-30-14-22-62(6)54-78)68-39-47-72(48-40-68)86(79-31-15-23-63(7)55-79)80-32-16-24-64(8)56-80/h9-56H,1-8H3. The third kappa shape index (κ3) is 12.3. The van der Waals surface area contributed by atoms with Crippen LogP contribution in [-0.2, 0) is 0 Å². The van der Waals surface area contributed by atoms with E-state index in [1.165, 1.54) is 44.5 Å². The van der Waals surface area contributed by atoms with Gasteiger partial charge in [0.15, 0.2) is 0 Å². The van der Waals surface area contributed by atoms with Crippen LogP contribution in [0.5, 0.6) is 0 Å². The molecule has 0 aliphatic heterocycles. The lowest BCUT2D eigenvalue weighted by molar-refractivity contribution is 1.25. The molecule has 0 aliphatic rings. The normalized spacial score (nSPS) is 11.0. The molecule has 12 rings (SSSR count). The summed E-state index contributed by atoms with van der Waals surface area (Å²) >= 11 is 0. The van der Waals surface area contributed by atoms with Crippen molar-refractivity contribution in [3.63, 3.8) is 0 Å². The molecular weight excluding hydrogens is 1040 g/mol. The van der Waals surface area contributed by atoms with Gasteiger partial charge >= 0.3 is 0 Å². The molecule has 0 fully saturated rings. The lowest BCUT2D eigenvalue weighted by Crippen LogP contribution is -2.11. The van der Waals surface area contributed by atoms with Crippen molar-refractivity contribution in [2.24, 2.45) is 0 Å². The molecule has 0 heterocycles. The summed E-state index contributed by atoms with van der Waals surface area (Å²) in [6.45, 7) is 17.3. The summed E-state index contributed by atoms with van der Waals surface area (Å²) in [6, 6.07) is 107. The van der Waals surface area contributed by atoms with Gasteiger partial charge in [0.1, 0.15) is 0 Å². The maximum Gasteiger partial charge on any atom is 0.0464 e. The van der Waals surface area contributed by atoms with Gasteiger partial charge < -0.3 is 19.6 Å². The molecule has 0 saturated carbocycles.